The highest BCUT2D eigenvalue weighted by atomic mass is 32.2. The second kappa shape index (κ2) is 5.94. The van der Waals surface area contributed by atoms with Crippen molar-refractivity contribution in [1.82, 2.24) is 5.32 Å². The smallest absolute Gasteiger partial charge is 0.209 e. The van der Waals surface area contributed by atoms with E-state index < -0.39 is 26.0 Å². The first-order valence-electron chi connectivity index (χ1n) is 5.98. The topological polar surface area (TPSA) is 73.9 Å². The first-order chi connectivity index (χ1) is 9.50. The van der Waals surface area contributed by atoms with Crippen LogP contribution in [-0.4, -0.2) is 47.8 Å². The molecule has 1 fully saturated rings. The second-order valence-corrected chi connectivity index (χ2v) is 6.24. The van der Waals surface area contributed by atoms with Gasteiger partial charge in [-0.2, -0.15) is 0 Å². The van der Waals surface area contributed by atoms with Crippen LogP contribution in [0.4, 0.5) is 4.39 Å². The predicted molar refractivity (Wildman–Crippen MR) is 69.3 cm³/mol. The molecule has 0 saturated carbocycles. The molecular formula is C12H16FNO5S. The van der Waals surface area contributed by atoms with E-state index in [1.54, 1.807) is 0 Å². The van der Waals surface area contributed by atoms with Crippen LogP contribution in [0.3, 0.4) is 0 Å². The monoisotopic (exact) mass is 305 g/mol. The van der Waals surface area contributed by atoms with Crippen LogP contribution in [0.5, 0.6) is 11.5 Å². The molecule has 0 aromatic heterocycles. The van der Waals surface area contributed by atoms with Gasteiger partial charge in [-0.3, -0.25) is 0 Å². The van der Waals surface area contributed by atoms with Crippen LogP contribution in [0.25, 0.3) is 0 Å². The number of morpholine rings is 1. The third-order valence-electron chi connectivity index (χ3n) is 2.98. The summed E-state index contributed by atoms with van der Waals surface area (Å²) < 4.78 is 53.9. The number of hydrogen-bond acceptors (Lipinski definition) is 6. The summed E-state index contributed by atoms with van der Waals surface area (Å²) in [5.41, 5.74) is -1.11. The van der Waals surface area contributed by atoms with Gasteiger partial charge in [0.05, 0.1) is 20.8 Å². The summed E-state index contributed by atoms with van der Waals surface area (Å²) in [4.78, 5) is -0.455. The number of sulfone groups is 1. The van der Waals surface area contributed by atoms with Gasteiger partial charge in [-0.05, 0) is 0 Å². The van der Waals surface area contributed by atoms with Crippen LogP contribution in [0.15, 0.2) is 17.0 Å². The molecule has 0 spiro atoms. The van der Waals surface area contributed by atoms with E-state index in [4.69, 9.17) is 14.2 Å². The van der Waals surface area contributed by atoms with Crippen molar-refractivity contribution in [3.05, 3.63) is 17.9 Å². The maximum Gasteiger partial charge on any atom is 0.209 e. The maximum absolute atomic E-state index is 14.0. The molecule has 1 aromatic rings. The fourth-order valence-electron chi connectivity index (χ4n) is 1.94. The quantitative estimate of drug-likeness (QED) is 0.876. The molecule has 8 heteroatoms. The molecule has 0 aliphatic carbocycles. The molecule has 1 N–H and O–H groups in total. The highest BCUT2D eigenvalue weighted by Gasteiger charge is 2.33. The van der Waals surface area contributed by atoms with E-state index in [9.17, 15) is 12.8 Å². The van der Waals surface area contributed by atoms with Gasteiger partial charge in [-0.15, -0.1) is 0 Å². The number of rotatable bonds is 4. The summed E-state index contributed by atoms with van der Waals surface area (Å²) >= 11 is 0. The highest BCUT2D eigenvalue weighted by Crippen LogP contribution is 2.33. The Morgan fingerprint density at radius 3 is 2.50 bits per heavy atom. The van der Waals surface area contributed by atoms with Crippen LogP contribution >= 0.6 is 0 Å². The summed E-state index contributed by atoms with van der Waals surface area (Å²) in [6, 6.07) is 2.10. The van der Waals surface area contributed by atoms with E-state index in [1.165, 1.54) is 14.2 Å². The lowest BCUT2D eigenvalue weighted by Gasteiger charge is -2.24. The van der Waals surface area contributed by atoms with Crippen LogP contribution in [0.1, 0.15) is 0 Å². The maximum atomic E-state index is 14.0. The summed E-state index contributed by atoms with van der Waals surface area (Å²) in [5.74, 6) is -0.611. The minimum Gasteiger partial charge on any atom is -0.493 e. The molecule has 112 valence electrons. The van der Waals surface area contributed by atoms with Crippen molar-refractivity contribution < 1.29 is 27.0 Å². The fraction of sp³-hybridized carbons (Fsp3) is 0.500. The third kappa shape index (κ3) is 2.72. The molecule has 2 rings (SSSR count). The average Bonchev–Trinajstić information content (AvgIpc) is 2.47. The normalized spacial score (nSPS) is 19.6. The van der Waals surface area contributed by atoms with Crippen LogP contribution in [0, 0.1) is 5.82 Å². The first kappa shape index (κ1) is 15.0. The molecule has 0 bridgehead atoms. The minimum absolute atomic E-state index is 0.121. The van der Waals surface area contributed by atoms with Crippen molar-refractivity contribution in [3.63, 3.8) is 0 Å². The predicted octanol–water partition coefficient (Wildman–Crippen LogP) is 0.562. The van der Waals surface area contributed by atoms with Crippen molar-refractivity contribution in [2.24, 2.45) is 0 Å². The van der Waals surface area contributed by atoms with E-state index >= 15 is 0 Å². The molecule has 6 nitrogen and oxygen atoms in total. The summed E-state index contributed by atoms with van der Waals surface area (Å²) in [7, 11) is -1.25. The standard InChI is InChI=1S/C12H16FNO5S/c1-17-9-5-8(13)11(6-10(9)18-2)20(15,16)12-7-14-3-4-19-12/h5-6,12,14H,3-4,7H2,1-2H3. The van der Waals surface area contributed by atoms with Gasteiger partial charge in [0, 0.05) is 25.2 Å². The van der Waals surface area contributed by atoms with Crippen molar-refractivity contribution in [1.29, 1.82) is 0 Å². The van der Waals surface area contributed by atoms with Gasteiger partial charge in [0.15, 0.2) is 16.9 Å². The van der Waals surface area contributed by atoms with Gasteiger partial charge < -0.3 is 19.5 Å². The van der Waals surface area contributed by atoms with Crippen LogP contribution in [-0.2, 0) is 14.6 Å². The number of hydrogen-bond donors (Lipinski definition) is 1. The number of benzene rings is 1. The van der Waals surface area contributed by atoms with Crippen molar-refractivity contribution in [3.8, 4) is 11.5 Å². The van der Waals surface area contributed by atoms with E-state index in [0.717, 1.165) is 12.1 Å². The Kier molecular flexibility index (Phi) is 4.46. The van der Waals surface area contributed by atoms with Gasteiger partial charge in [0.25, 0.3) is 0 Å². The molecule has 1 atom stereocenters. The van der Waals surface area contributed by atoms with Crippen LogP contribution < -0.4 is 14.8 Å². The SMILES string of the molecule is COc1cc(F)c(S(=O)(=O)C2CNCCO2)cc1OC. The van der Waals surface area contributed by atoms with Crippen molar-refractivity contribution in [2.45, 2.75) is 10.3 Å². The Labute approximate surface area is 116 Å². The van der Waals surface area contributed by atoms with Gasteiger partial charge in [-0.25, -0.2) is 12.8 Å². The third-order valence-corrected chi connectivity index (χ3v) is 4.91. The Hall–Kier alpha value is -1.38. The zero-order valence-electron chi connectivity index (χ0n) is 11.2. The van der Waals surface area contributed by atoms with Crippen molar-refractivity contribution in [2.75, 3.05) is 33.9 Å². The van der Waals surface area contributed by atoms with E-state index in [2.05, 4.69) is 5.32 Å². The molecule has 1 saturated heterocycles. The first-order valence-corrected chi connectivity index (χ1v) is 7.53. The second-order valence-electron chi connectivity index (χ2n) is 4.19. The molecule has 0 amide bonds. The zero-order chi connectivity index (χ0) is 14.8. The van der Waals surface area contributed by atoms with Crippen molar-refractivity contribution >= 4 is 9.84 Å². The molecule has 1 aromatic carbocycles. The van der Waals surface area contributed by atoms with Gasteiger partial charge in [0.1, 0.15) is 10.7 Å². The largest absolute Gasteiger partial charge is 0.493 e. The lowest BCUT2D eigenvalue weighted by molar-refractivity contribution is 0.0783. The molecular weight excluding hydrogens is 289 g/mol. The van der Waals surface area contributed by atoms with E-state index in [0.29, 0.717) is 6.54 Å². The fourth-order valence-corrected chi connectivity index (χ4v) is 3.43. The van der Waals surface area contributed by atoms with E-state index in [1.807, 2.05) is 0 Å². The lowest BCUT2D eigenvalue weighted by Crippen LogP contribution is -2.43. The molecule has 1 heterocycles. The van der Waals surface area contributed by atoms with Gasteiger partial charge >= 0.3 is 0 Å². The Bertz CT molecular complexity index is 584. The molecule has 0 radical (unpaired) electrons. The summed E-state index contributed by atoms with van der Waals surface area (Å²) in [6.07, 6.45) is 0. The Morgan fingerprint density at radius 2 is 1.95 bits per heavy atom. The lowest BCUT2D eigenvalue weighted by atomic mass is 10.3. The molecule has 20 heavy (non-hydrogen) atoms. The Balaban J connectivity index is 2.45. The summed E-state index contributed by atoms with van der Waals surface area (Å²) in [5, 5.41) is 2.90. The number of halogens is 1. The number of nitrogens with one attached hydrogen (secondary N) is 1. The van der Waals surface area contributed by atoms with Gasteiger partial charge in [-0.1, -0.05) is 0 Å². The zero-order valence-corrected chi connectivity index (χ0v) is 12.0. The number of methoxy groups -OCH3 is 2. The molecule has 1 unspecified atom stereocenters. The van der Waals surface area contributed by atoms with E-state index in [-0.39, 0.29) is 24.7 Å². The molecule has 1 aliphatic rings. The Morgan fingerprint density at radius 1 is 1.30 bits per heavy atom. The van der Waals surface area contributed by atoms with Crippen LogP contribution in [0.2, 0.25) is 0 Å². The molecule has 1 aliphatic heterocycles. The average molecular weight is 305 g/mol. The highest BCUT2D eigenvalue weighted by molar-refractivity contribution is 7.92. The number of ether oxygens (including phenoxy) is 3. The summed E-state index contributed by atoms with van der Waals surface area (Å²) in [6.45, 7) is 0.954. The van der Waals surface area contributed by atoms with Gasteiger partial charge in [0.2, 0.25) is 9.84 Å². The minimum atomic E-state index is -3.95.